The molecule has 2 saturated carbocycles. The highest BCUT2D eigenvalue weighted by molar-refractivity contribution is 5.96. The summed E-state index contributed by atoms with van der Waals surface area (Å²) in [6.07, 6.45) is -4.76. The van der Waals surface area contributed by atoms with Crippen LogP contribution in [0.1, 0.15) is 113 Å². The topological polar surface area (TPSA) is 181 Å². The van der Waals surface area contributed by atoms with Crippen LogP contribution in [0, 0.1) is 28.6 Å². The van der Waals surface area contributed by atoms with Gasteiger partial charge in [0.05, 0.1) is 30.0 Å². The minimum Gasteiger partial charge on any atom is -0.457 e. The van der Waals surface area contributed by atoms with E-state index in [-0.39, 0.29) is 37.0 Å². The number of Topliss-reactive ketones (excluding diaryl/α,β-unsaturated/α-hetero) is 1. The number of ether oxygens (including phenoxy) is 5. The van der Waals surface area contributed by atoms with Crippen molar-refractivity contribution in [3.63, 3.8) is 0 Å². The van der Waals surface area contributed by atoms with Crippen molar-refractivity contribution >= 4 is 35.6 Å². The summed E-state index contributed by atoms with van der Waals surface area (Å²) in [7, 11) is 0. The molecule has 3 aromatic rings. The number of nitrogens with one attached hydrogen (secondary N) is 1. The first kappa shape index (κ1) is 46.3. The number of hydrogen-bond donors (Lipinski definition) is 2. The van der Waals surface area contributed by atoms with Crippen molar-refractivity contribution < 1.29 is 57.6 Å². The smallest absolute Gasteiger partial charge is 0.338 e. The van der Waals surface area contributed by atoms with Crippen molar-refractivity contribution in [3.05, 3.63) is 119 Å². The van der Waals surface area contributed by atoms with Crippen LogP contribution in [-0.2, 0) is 42.9 Å². The molecule has 2 N–H and O–H groups in total. The van der Waals surface area contributed by atoms with Crippen LogP contribution < -0.4 is 5.32 Å². The molecule has 0 radical (unpaired) electrons. The number of aliphatic hydroxyl groups is 1. The Kier molecular flexibility index (Phi) is 12.8. The van der Waals surface area contributed by atoms with Crippen molar-refractivity contribution in [3.8, 4) is 0 Å². The Labute approximate surface area is 374 Å². The third kappa shape index (κ3) is 7.84. The molecule has 1 heterocycles. The van der Waals surface area contributed by atoms with Gasteiger partial charge >= 0.3 is 23.9 Å². The fraction of sp³-hybridized carbons (Fsp3) is 0.490. The van der Waals surface area contributed by atoms with Crippen molar-refractivity contribution in [1.82, 2.24) is 5.32 Å². The Bertz CT molecular complexity index is 2310. The van der Waals surface area contributed by atoms with Gasteiger partial charge in [-0.1, -0.05) is 101 Å². The summed E-state index contributed by atoms with van der Waals surface area (Å²) in [5, 5.41) is 16.9. The normalized spacial score (nSPS) is 31.2. The van der Waals surface area contributed by atoms with Gasteiger partial charge in [-0.2, -0.15) is 0 Å². The van der Waals surface area contributed by atoms with Crippen LogP contribution in [0.4, 0.5) is 0 Å². The van der Waals surface area contributed by atoms with Crippen LogP contribution in [0.25, 0.3) is 0 Å². The first-order valence-electron chi connectivity index (χ1n) is 22.2. The first-order valence-corrected chi connectivity index (χ1v) is 22.2. The zero-order valence-corrected chi connectivity index (χ0v) is 37.8. The molecule has 13 nitrogen and oxygen atoms in total. The molecule has 1 amide bonds. The Morgan fingerprint density at radius 3 is 2.03 bits per heavy atom. The Hall–Kier alpha value is -5.66. The Balaban J connectivity index is 1.39. The zero-order valence-electron chi connectivity index (χ0n) is 37.8. The standard InChI is InChI=1S/C51H59NO12/c1-9-19-38(54)64-50-28-60-37(50)26-29(2)49(8)42(50)44(63-47(58)35-24-17-12-18-25-35)51(59)27-36(30(3)39(48(51,6)7)41(43(49)55)61-32(5)53)62-46(57)31(4)40(33-20-13-10-14-21-33)52-45(56)34-22-15-11-16-23-34/h10-18,20-25,29,31,36-37,40-42,44,59H,9,19,26-28H2,1-8H3,(H,52,56). The average molecular weight is 878 g/mol. The fourth-order valence-electron chi connectivity index (χ4n) is 10.9. The van der Waals surface area contributed by atoms with Gasteiger partial charge in [0, 0.05) is 36.2 Å². The molecule has 3 aliphatic carbocycles. The van der Waals surface area contributed by atoms with Crippen molar-refractivity contribution in [1.29, 1.82) is 0 Å². The van der Waals surface area contributed by atoms with Gasteiger partial charge in [-0.25, -0.2) is 4.79 Å². The molecular weight excluding hydrogens is 819 g/mol. The summed E-state index contributed by atoms with van der Waals surface area (Å²) in [6, 6.07) is 24.9. The van der Waals surface area contributed by atoms with Crippen LogP contribution in [0.3, 0.4) is 0 Å². The van der Waals surface area contributed by atoms with E-state index in [0.29, 0.717) is 23.1 Å². The van der Waals surface area contributed by atoms with E-state index in [9.17, 15) is 29.1 Å². The predicted octanol–water partition coefficient (Wildman–Crippen LogP) is 7.07. The molecule has 11 unspecified atom stereocenters. The van der Waals surface area contributed by atoms with Crippen LogP contribution in [0.15, 0.2) is 102 Å². The first-order chi connectivity index (χ1) is 30.3. The summed E-state index contributed by atoms with van der Waals surface area (Å²) in [4.78, 5) is 85.3. The van der Waals surface area contributed by atoms with E-state index in [1.165, 1.54) is 6.92 Å². The van der Waals surface area contributed by atoms with Gasteiger partial charge in [0.2, 0.25) is 0 Å². The molecule has 2 bridgehead atoms. The molecule has 0 aromatic heterocycles. The number of carbonyl (C=O) groups excluding carboxylic acids is 6. The maximum absolute atomic E-state index is 15.8. The third-order valence-corrected chi connectivity index (χ3v) is 14.7. The van der Waals surface area contributed by atoms with Gasteiger partial charge in [0.1, 0.15) is 23.9 Å². The molecule has 340 valence electrons. The van der Waals surface area contributed by atoms with E-state index in [1.807, 2.05) is 19.9 Å². The van der Waals surface area contributed by atoms with E-state index >= 15 is 4.79 Å². The number of fused-ring (bicyclic) bond motifs is 5. The molecule has 11 atom stereocenters. The van der Waals surface area contributed by atoms with Gasteiger partial charge in [-0.3, -0.25) is 24.0 Å². The number of carbonyl (C=O) groups is 6. The summed E-state index contributed by atoms with van der Waals surface area (Å²) in [5.41, 5.74) is -5.10. The molecular formula is C51H59NO12. The minimum atomic E-state index is -2.20. The lowest BCUT2D eigenvalue weighted by Crippen LogP contribution is -2.81. The van der Waals surface area contributed by atoms with Gasteiger partial charge < -0.3 is 34.1 Å². The molecule has 13 heteroatoms. The number of amides is 1. The number of esters is 4. The quantitative estimate of drug-likeness (QED) is 0.108. The number of ketones is 1. The van der Waals surface area contributed by atoms with Gasteiger partial charge in [0.25, 0.3) is 5.91 Å². The maximum Gasteiger partial charge on any atom is 0.338 e. The Morgan fingerprint density at radius 1 is 0.875 bits per heavy atom. The Morgan fingerprint density at radius 2 is 1.47 bits per heavy atom. The average Bonchev–Trinajstić information content (AvgIpc) is 3.27. The minimum absolute atomic E-state index is 0.0553. The molecule has 7 rings (SSSR count). The highest BCUT2D eigenvalue weighted by atomic mass is 16.6. The van der Waals surface area contributed by atoms with Crippen LogP contribution >= 0.6 is 0 Å². The lowest BCUT2D eigenvalue weighted by Gasteiger charge is -2.68. The summed E-state index contributed by atoms with van der Waals surface area (Å²) < 4.78 is 31.7. The number of benzene rings is 3. The monoisotopic (exact) mass is 877 g/mol. The second-order valence-corrected chi connectivity index (χ2v) is 18.7. The lowest BCUT2D eigenvalue weighted by atomic mass is 9.43. The lowest BCUT2D eigenvalue weighted by molar-refractivity contribution is -0.341. The zero-order chi connectivity index (χ0) is 46.4. The summed E-state index contributed by atoms with van der Waals surface area (Å²) in [5.74, 6) is -6.62. The maximum atomic E-state index is 15.8. The third-order valence-electron chi connectivity index (χ3n) is 14.7. The van der Waals surface area contributed by atoms with Crippen molar-refractivity contribution in [2.24, 2.45) is 28.6 Å². The molecule has 3 aromatic carbocycles. The van der Waals surface area contributed by atoms with Gasteiger partial charge in [-0.15, -0.1) is 0 Å². The van der Waals surface area contributed by atoms with E-state index in [1.54, 1.807) is 120 Å². The van der Waals surface area contributed by atoms with E-state index in [0.717, 1.165) is 0 Å². The molecule has 4 aliphatic rings. The molecule has 1 aliphatic heterocycles. The largest absolute Gasteiger partial charge is 0.457 e. The molecule has 0 spiro atoms. The van der Waals surface area contributed by atoms with Crippen LogP contribution in [0.2, 0.25) is 0 Å². The summed E-state index contributed by atoms with van der Waals surface area (Å²) >= 11 is 0. The van der Waals surface area contributed by atoms with Crippen molar-refractivity contribution in [2.45, 2.75) is 123 Å². The highest BCUT2D eigenvalue weighted by Crippen LogP contribution is 2.65. The van der Waals surface area contributed by atoms with E-state index in [2.05, 4.69) is 5.32 Å². The second kappa shape index (κ2) is 17.7. The van der Waals surface area contributed by atoms with E-state index < -0.39 is 106 Å². The number of hydrogen-bond acceptors (Lipinski definition) is 12. The van der Waals surface area contributed by atoms with Crippen LogP contribution in [-0.4, -0.2) is 82.9 Å². The summed E-state index contributed by atoms with van der Waals surface area (Å²) in [6.45, 7) is 13.1. The second-order valence-electron chi connectivity index (χ2n) is 18.7. The van der Waals surface area contributed by atoms with Crippen LogP contribution in [0.5, 0.6) is 0 Å². The van der Waals surface area contributed by atoms with Gasteiger partial charge in [-0.05, 0) is 73.6 Å². The SMILES string of the molecule is CCCC(=O)OC12COC1CC(C)C1(C)C(=O)C(OC(C)=O)C3=C(C)C(OC(=O)C(C)C(NC(=O)c4ccccc4)c4ccccc4)CC(O)(C(OC(=O)c4ccccc4)C21)C3(C)C. The predicted molar refractivity (Wildman–Crippen MR) is 233 cm³/mol. The highest BCUT2D eigenvalue weighted by Gasteiger charge is 2.78. The fourth-order valence-corrected chi connectivity index (χ4v) is 10.9. The van der Waals surface area contributed by atoms with E-state index in [4.69, 9.17) is 23.7 Å². The van der Waals surface area contributed by atoms with Crippen molar-refractivity contribution in [2.75, 3.05) is 6.61 Å². The number of rotatable bonds is 12. The molecule has 64 heavy (non-hydrogen) atoms. The molecule has 1 saturated heterocycles. The molecule has 3 fully saturated rings. The van der Waals surface area contributed by atoms with Gasteiger partial charge in [0.15, 0.2) is 17.5 Å².